The number of hydrogen-bond donors (Lipinski definition) is 2. The molecule has 3 nitrogen and oxygen atoms in total. The van der Waals surface area contributed by atoms with Crippen molar-refractivity contribution in [3.8, 4) is 11.3 Å². The average Bonchev–Trinajstić information content (AvgIpc) is 2.63. The van der Waals surface area contributed by atoms with Gasteiger partial charge in [-0.2, -0.15) is 0 Å². The van der Waals surface area contributed by atoms with Crippen LogP contribution in [0.1, 0.15) is 18.1 Å². The number of allylic oxidation sites excluding steroid dienone is 5. The molecule has 0 aliphatic heterocycles. The zero-order valence-corrected chi connectivity index (χ0v) is 14.3. The van der Waals surface area contributed by atoms with Crippen LogP contribution in [0, 0.1) is 18.2 Å². The molecule has 1 aliphatic carbocycles. The van der Waals surface area contributed by atoms with Gasteiger partial charge in [0.05, 0.1) is 11.4 Å². The Bertz CT molecular complexity index is 907. The Morgan fingerprint density at radius 2 is 2.08 bits per heavy atom. The molecule has 2 N–H and O–H groups in total. The number of halogens is 1. The van der Waals surface area contributed by atoms with Crippen molar-refractivity contribution in [2.75, 3.05) is 6.54 Å². The van der Waals surface area contributed by atoms with Crippen LogP contribution in [0.5, 0.6) is 0 Å². The van der Waals surface area contributed by atoms with Gasteiger partial charge in [0.15, 0.2) is 0 Å². The van der Waals surface area contributed by atoms with Gasteiger partial charge in [0.25, 0.3) is 0 Å². The maximum atomic E-state index is 13.6. The van der Waals surface area contributed by atoms with Crippen LogP contribution in [0.3, 0.4) is 0 Å². The van der Waals surface area contributed by atoms with Crippen molar-refractivity contribution in [2.24, 2.45) is 0 Å². The summed E-state index contributed by atoms with van der Waals surface area (Å²) >= 11 is 0. The van der Waals surface area contributed by atoms with Crippen LogP contribution in [-0.4, -0.2) is 17.2 Å². The summed E-state index contributed by atoms with van der Waals surface area (Å²) in [6.07, 6.45) is 9.27. The van der Waals surface area contributed by atoms with Gasteiger partial charge in [-0.3, -0.25) is 4.98 Å². The molecule has 1 heterocycles. The molecule has 0 bridgehead atoms. The Hall–Kier alpha value is -3.01. The Morgan fingerprint density at radius 3 is 2.84 bits per heavy atom. The molecule has 3 rings (SSSR count). The zero-order valence-electron chi connectivity index (χ0n) is 14.3. The minimum atomic E-state index is -0.220. The van der Waals surface area contributed by atoms with Crippen LogP contribution in [0.2, 0.25) is 0 Å². The predicted octanol–water partition coefficient (Wildman–Crippen LogP) is 4.66. The van der Waals surface area contributed by atoms with E-state index in [1.807, 2.05) is 43.5 Å². The van der Waals surface area contributed by atoms with E-state index in [-0.39, 0.29) is 5.82 Å². The van der Waals surface area contributed by atoms with Crippen LogP contribution in [-0.2, 0) is 0 Å². The number of hydrogen-bond acceptors (Lipinski definition) is 3. The summed E-state index contributed by atoms with van der Waals surface area (Å²) in [5.74, 6) is -0.220. The molecular formula is C21H20FN3. The normalized spacial score (nSPS) is 15.4. The highest BCUT2D eigenvalue weighted by Gasteiger charge is 2.14. The van der Waals surface area contributed by atoms with E-state index in [2.05, 4.69) is 10.3 Å². The molecule has 0 unspecified atom stereocenters. The van der Waals surface area contributed by atoms with Crippen molar-refractivity contribution >= 4 is 11.3 Å². The van der Waals surface area contributed by atoms with Crippen LogP contribution in [0.4, 0.5) is 4.39 Å². The molecule has 0 fully saturated rings. The first-order valence-electron chi connectivity index (χ1n) is 8.24. The van der Waals surface area contributed by atoms with Gasteiger partial charge in [-0.1, -0.05) is 12.1 Å². The fourth-order valence-electron chi connectivity index (χ4n) is 2.72. The standard InChI is InChI=1S/C21H20FN3/c1-3-24-13-17-12-15(7-9-20(17)23)18-5-4-10-25-21(18)16-6-8-19(22)14(2)11-16/h4-13,23-24H,3H2,1-2H3/b17-13-,23-20?. The topological polar surface area (TPSA) is 48.8 Å². The summed E-state index contributed by atoms with van der Waals surface area (Å²) in [6.45, 7) is 4.57. The highest BCUT2D eigenvalue weighted by Crippen LogP contribution is 2.31. The molecule has 0 saturated carbocycles. The van der Waals surface area contributed by atoms with Crippen molar-refractivity contribution in [1.82, 2.24) is 10.3 Å². The fourth-order valence-corrected chi connectivity index (χ4v) is 2.72. The Labute approximate surface area is 147 Å². The highest BCUT2D eigenvalue weighted by atomic mass is 19.1. The third kappa shape index (κ3) is 3.58. The number of aromatic nitrogens is 1. The third-order valence-electron chi connectivity index (χ3n) is 4.06. The molecule has 1 aromatic heterocycles. The van der Waals surface area contributed by atoms with Crippen LogP contribution in [0.15, 0.2) is 66.5 Å². The van der Waals surface area contributed by atoms with Crippen molar-refractivity contribution in [3.63, 3.8) is 0 Å². The maximum Gasteiger partial charge on any atom is 0.126 e. The van der Waals surface area contributed by atoms with Gasteiger partial charge in [-0.15, -0.1) is 0 Å². The molecule has 126 valence electrons. The number of rotatable bonds is 4. The SMILES string of the molecule is CCN/C=C1/C=C(c2cccnc2-c2ccc(F)c(C)c2)C=CC1=N. The largest absolute Gasteiger partial charge is 0.391 e. The lowest BCUT2D eigenvalue weighted by atomic mass is 9.92. The van der Waals surface area contributed by atoms with Crippen molar-refractivity contribution in [1.29, 1.82) is 5.41 Å². The minimum absolute atomic E-state index is 0.220. The van der Waals surface area contributed by atoms with Gasteiger partial charge < -0.3 is 10.7 Å². The second-order valence-electron chi connectivity index (χ2n) is 5.87. The van der Waals surface area contributed by atoms with Gasteiger partial charge in [0.2, 0.25) is 0 Å². The first-order chi connectivity index (χ1) is 12.1. The van der Waals surface area contributed by atoms with E-state index in [1.54, 1.807) is 25.3 Å². The zero-order chi connectivity index (χ0) is 17.8. The number of benzene rings is 1. The first kappa shape index (κ1) is 16.8. The van der Waals surface area contributed by atoms with Gasteiger partial charge in [0, 0.05) is 35.6 Å². The van der Waals surface area contributed by atoms with Crippen molar-refractivity contribution < 1.29 is 4.39 Å². The summed E-state index contributed by atoms with van der Waals surface area (Å²) in [7, 11) is 0. The molecule has 2 aromatic rings. The molecule has 1 aliphatic rings. The molecular weight excluding hydrogens is 313 g/mol. The lowest BCUT2D eigenvalue weighted by Gasteiger charge is -2.15. The summed E-state index contributed by atoms with van der Waals surface area (Å²) in [5.41, 5.74) is 5.50. The van der Waals surface area contributed by atoms with Gasteiger partial charge in [-0.25, -0.2) is 4.39 Å². The fraction of sp³-hybridized carbons (Fsp3) is 0.143. The molecule has 0 spiro atoms. The molecule has 1 aromatic carbocycles. The molecule has 0 saturated heterocycles. The highest BCUT2D eigenvalue weighted by molar-refractivity contribution is 6.13. The molecule has 25 heavy (non-hydrogen) atoms. The summed E-state index contributed by atoms with van der Waals surface area (Å²) in [4.78, 5) is 4.52. The number of nitrogens with one attached hydrogen (secondary N) is 2. The Kier molecular flexibility index (Phi) is 4.89. The lowest BCUT2D eigenvalue weighted by molar-refractivity contribution is 0.619. The van der Waals surface area contributed by atoms with Crippen LogP contribution in [0.25, 0.3) is 16.8 Å². The van der Waals surface area contributed by atoms with E-state index in [4.69, 9.17) is 5.41 Å². The van der Waals surface area contributed by atoms with Crippen LogP contribution < -0.4 is 5.32 Å². The van der Waals surface area contributed by atoms with Crippen molar-refractivity contribution in [3.05, 3.63) is 83.5 Å². The molecule has 0 amide bonds. The third-order valence-corrected chi connectivity index (χ3v) is 4.06. The van der Waals surface area contributed by atoms with E-state index in [1.165, 1.54) is 6.07 Å². The monoisotopic (exact) mass is 333 g/mol. The predicted molar refractivity (Wildman–Crippen MR) is 101 cm³/mol. The average molecular weight is 333 g/mol. The minimum Gasteiger partial charge on any atom is -0.391 e. The maximum absolute atomic E-state index is 13.6. The summed E-state index contributed by atoms with van der Waals surface area (Å²) < 4.78 is 13.6. The first-order valence-corrected chi connectivity index (χ1v) is 8.24. The number of nitrogens with zero attached hydrogens (tertiary/aromatic N) is 1. The van der Waals surface area contributed by atoms with Crippen molar-refractivity contribution in [2.45, 2.75) is 13.8 Å². The Balaban J connectivity index is 2.08. The number of aryl methyl sites for hydroxylation is 1. The van der Waals surface area contributed by atoms with E-state index < -0.39 is 0 Å². The molecule has 0 radical (unpaired) electrons. The second-order valence-corrected chi connectivity index (χ2v) is 5.87. The van der Waals surface area contributed by atoms with Gasteiger partial charge in [0.1, 0.15) is 5.82 Å². The quantitative estimate of drug-likeness (QED) is 0.855. The van der Waals surface area contributed by atoms with E-state index in [9.17, 15) is 4.39 Å². The number of pyridine rings is 1. The van der Waals surface area contributed by atoms with E-state index in [0.717, 1.165) is 34.5 Å². The second kappa shape index (κ2) is 7.26. The smallest absolute Gasteiger partial charge is 0.126 e. The van der Waals surface area contributed by atoms with E-state index in [0.29, 0.717) is 11.3 Å². The lowest BCUT2D eigenvalue weighted by Crippen LogP contribution is -2.09. The molecule has 4 heteroatoms. The van der Waals surface area contributed by atoms with Gasteiger partial charge in [-0.05, 0) is 61.4 Å². The van der Waals surface area contributed by atoms with Gasteiger partial charge >= 0.3 is 0 Å². The Morgan fingerprint density at radius 1 is 1.24 bits per heavy atom. The summed E-state index contributed by atoms with van der Waals surface area (Å²) in [5, 5.41) is 11.2. The summed E-state index contributed by atoms with van der Waals surface area (Å²) in [6, 6.07) is 8.92. The van der Waals surface area contributed by atoms with Crippen LogP contribution >= 0.6 is 0 Å². The van der Waals surface area contributed by atoms with E-state index >= 15 is 0 Å². The molecule has 0 atom stereocenters.